The molecule has 3 aliphatic heterocycles. The summed E-state index contributed by atoms with van der Waals surface area (Å²) < 4.78 is 5.79. The van der Waals surface area contributed by atoms with E-state index < -0.39 is 6.10 Å². The van der Waals surface area contributed by atoms with Crippen LogP contribution in [-0.4, -0.2) is 53.0 Å². The SMILES string of the molecule is C[C@@H]1CC[C@H](C)[C@@H]2C(=O)N(CC(=O)NCc3ccc4c(c3)[C@H]3C[C@@H](N4)[C@H](O)CO3)C(=O)[C@@H]21. The van der Waals surface area contributed by atoms with Crippen LogP contribution in [0.4, 0.5) is 5.69 Å². The summed E-state index contributed by atoms with van der Waals surface area (Å²) in [7, 11) is 0. The van der Waals surface area contributed by atoms with Gasteiger partial charge in [0.25, 0.3) is 0 Å². The smallest absolute Gasteiger partial charge is 0.240 e. The summed E-state index contributed by atoms with van der Waals surface area (Å²) in [5, 5.41) is 16.2. The molecule has 32 heavy (non-hydrogen) atoms. The van der Waals surface area contributed by atoms with Crippen LogP contribution in [0.3, 0.4) is 0 Å². The van der Waals surface area contributed by atoms with Crippen LogP contribution in [-0.2, 0) is 25.7 Å². The number of anilines is 1. The number of carbonyl (C=O) groups is 3. The van der Waals surface area contributed by atoms with Gasteiger partial charge in [0, 0.05) is 24.2 Å². The quantitative estimate of drug-likeness (QED) is 0.613. The minimum absolute atomic E-state index is 0.00327. The van der Waals surface area contributed by atoms with Crippen LogP contribution < -0.4 is 10.6 Å². The van der Waals surface area contributed by atoms with Gasteiger partial charge in [-0.15, -0.1) is 0 Å². The van der Waals surface area contributed by atoms with Gasteiger partial charge in [-0.2, -0.15) is 0 Å². The minimum atomic E-state index is -0.510. The standard InChI is InChI=1S/C24H31N3O5/c1-12-3-4-13(2)22-21(12)23(30)27(24(22)31)10-20(29)25-9-14-5-6-16-15(7-14)19-8-17(26-16)18(28)11-32-19/h5-7,12-13,17-19,21-22,26,28H,3-4,8-11H2,1-2H3,(H,25,29)/t12-,13+,17-,18-,19-,21-,22+/m1/s1. The summed E-state index contributed by atoms with van der Waals surface area (Å²) in [5.74, 6) is -0.950. The Morgan fingerprint density at radius 1 is 1.19 bits per heavy atom. The first-order valence-corrected chi connectivity index (χ1v) is 11.6. The van der Waals surface area contributed by atoms with Crippen molar-refractivity contribution in [3.63, 3.8) is 0 Å². The lowest BCUT2D eigenvalue weighted by atomic mass is 9.69. The first-order chi connectivity index (χ1) is 15.3. The molecule has 0 radical (unpaired) electrons. The molecule has 7 atom stereocenters. The van der Waals surface area contributed by atoms with E-state index in [1.807, 2.05) is 32.0 Å². The highest BCUT2D eigenvalue weighted by Gasteiger charge is 2.53. The fraction of sp³-hybridized carbons (Fsp3) is 0.625. The van der Waals surface area contributed by atoms with E-state index >= 15 is 0 Å². The highest BCUT2D eigenvalue weighted by atomic mass is 16.5. The van der Waals surface area contributed by atoms with E-state index in [2.05, 4.69) is 10.6 Å². The van der Waals surface area contributed by atoms with Gasteiger partial charge in [-0.05, 0) is 42.4 Å². The molecule has 8 nitrogen and oxygen atoms in total. The number of rotatable bonds is 4. The van der Waals surface area contributed by atoms with Crippen molar-refractivity contribution in [1.82, 2.24) is 10.2 Å². The third-order valence-electron chi connectivity index (χ3n) is 7.79. The lowest BCUT2D eigenvalue weighted by molar-refractivity contribution is -0.144. The predicted octanol–water partition coefficient (Wildman–Crippen LogP) is 1.59. The molecule has 4 aliphatic rings. The van der Waals surface area contributed by atoms with Gasteiger partial charge in [0.2, 0.25) is 17.7 Å². The number of aliphatic hydroxyl groups excluding tert-OH is 1. The number of imide groups is 1. The van der Waals surface area contributed by atoms with Gasteiger partial charge < -0.3 is 20.5 Å². The van der Waals surface area contributed by atoms with Gasteiger partial charge in [0.05, 0.1) is 36.7 Å². The van der Waals surface area contributed by atoms with E-state index in [4.69, 9.17) is 4.74 Å². The number of aliphatic hydroxyl groups is 1. The molecule has 2 bridgehead atoms. The molecule has 0 spiro atoms. The van der Waals surface area contributed by atoms with Crippen molar-refractivity contribution in [2.45, 2.75) is 57.9 Å². The van der Waals surface area contributed by atoms with Crippen molar-refractivity contribution in [3.8, 4) is 0 Å². The molecule has 3 heterocycles. The lowest BCUT2D eigenvalue weighted by Crippen LogP contribution is -2.46. The summed E-state index contributed by atoms with van der Waals surface area (Å²) >= 11 is 0. The van der Waals surface area contributed by atoms with E-state index in [9.17, 15) is 19.5 Å². The van der Waals surface area contributed by atoms with Crippen LogP contribution >= 0.6 is 0 Å². The van der Waals surface area contributed by atoms with Gasteiger partial charge in [-0.25, -0.2) is 0 Å². The summed E-state index contributed by atoms with van der Waals surface area (Å²) in [5.41, 5.74) is 2.89. The zero-order chi connectivity index (χ0) is 22.6. The average Bonchev–Trinajstić information content (AvgIpc) is 3.03. The molecule has 3 amide bonds. The number of likely N-dealkylation sites (tertiary alicyclic amines) is 1. The number of hydrogen-bond acceptors (Lipinski definition) is 6. The summed E-state index contributed by atoms with van der Waals surface area (Å²) in [6.45, 7) is 4.45. The summed E-state index contributed by atoms with van der Waals surface area (Å²) in [6.07, 6.45) is 2.02. The van der Waals surface area contributed by atoms with E-state index in [1.54, 1.807) is 0 Å². The van der Waals surface area contributed by atoms with E-state index in [1.165, 1.54) is 4.90 Å². The maximum absolute atomic E-state index is 12.9. The Balaban J connectivity index is 1.22. The van der Waals surface area contributed by atoms with Crippen LogP contribution in [0.2, 0.25) is 0 Å². The molecule has 172 valence electrons. The van der Waals surface area contributed by atoms with Crippen molar-refractivity contribution >= 4 is 23.4 Å². The fourth-order valence-corrected chi connectivity index (χ4v) is 5.89. The Labute approximate surface area is 187 Å². The Morgan fingerprint density at radius 2 is 1.88 bits per heavy atom. The zero-order valence-electron chi connectivity index (χ0n) is 18.5. The molecular formula is C24H31N3O5. The molecule has 1 aliphatic carbocycles. The van der Waals surface area contributed by atoms with Gasteiger partial charge in [0.15, 0.2) is 0 Å². The number of hydrogen-bond donors (Lipinski definition) is 3. The number of carbonyl (C=O) groups excluding carboxylic acids is 3. The van der Waals surface area contributed by atoms with Crippen LogP contribution in [0, 0.1) is 23.7 Å². The van der Waals surface area contributed by atoms with Gasteiger partial charge in [0.1, 0.15) is 6.54 Å². The molecule has 1 aromatic rings. The van der Waals surface area contributed by atoms with Gasteiger partial charge >= 0.3 is 0 Å². The Kier molecular flexibility index (Phi) is 5.45. The van der Waals surface area contributed by atoms with Crippen molar-refractivity contribution in [2.24, 2.45) is 23.7 Å². The molecule has 0 unspecified atom stereocenters. The van der Waals surface area contributed by atoms with Crippen molar-refractivity contribution in [3.05, 3.63) is 29.3 Å². The molecule has 1 saturated carbocycles. The summed E-state index contributed by atoms with van der Waals surface area (Å²) in [4.78, 5) is 39.5. The normalized spacial score (nSPS) is 35.7. The second-order valence-electron chi connectivity index (χ2n) is 9.92. The molecule has 3 N–H and O–H groups in total. The Hall–Kier alpha value is -2.45. The number of ether oxygens (including phenoxy) is 1. The van der Waals surface area contributed by atoms with Crippen molar-refractivity contribution in [2.75, 3.05) is 18.5 Å². The first kappa shape index (κ1) is 21.4. The number of nitrogens with zero attached hydrogens (tertiary/aromatic N) is 1. The molecule has 1 aromatic carbocycles. The number of nitrogens with one attached hydrogen (secondary N) is 2. The van der Waals surface area contributed by atoms with E-state index in [0.29, 0.717) is 19.6 Å². The van der Waals surface area contributed by atoms with Gasteiger partial charge in [-0.1, -0.05) is 19.9 Å². The van der Waals surface area contributed by atoms with Crippen LogP contribution in [0.15, 0.2) is 18.2 Å². The number of amides is 3. The molecule has 8 heteroatoms. The van der Waals surface area contributed by atoms with E-state index in [0.717, 1.165) is 29.7 Å². The second-order valence-corrected chi connectivity index (χ2v) is 9.92. The van der Waals surface area contributed by atoms with Crippen LogP contribution in [0.25, 0.3) is 0 Å². The van der Waals surface area contributed by atoms with Crippen molar-refractivity contribution < 1.29 is 24.2 Å². The second kappa shape index (κ2) is 8.15. The highest BCUT2D eigenvalue weighted by Crippen LogP contribution is 2.44. The fourth-order valence-electron chi connectivity index (χ4n) is 5.89. The predicted molar refractivity (Wildman–Crippen MR) is 116 cm³/mol. The highest BCUT2D eigenvalue weighted by molar-refractivity contribution is 6.07. The van der Waals surface area contributed by atoms with Crippen LogP contribution in [0.5, 0.6) is 0 Å². The maximum atomic E-state index is 12.9. The minimum Gasteiger partial charge on any atom is -0.389 e. The third-order valence-corrected chi connectivity index (χ3v) is 7.79. The first-order valence-electron chi connectivity index (χ1n) is 11.6. The van der Waals surface area contributed by atoms with Gasteiger partial charge in [-0.3, -0.25) is 19.3 Å². The topological polar surface area (TPSA) is 108 Å². The van der Waals surface area contributed by atoms with E-state index in [-0.39, 0.29) is 60.1 Å². The number of benzene rings is 1. The van der Waals surface area contributed by atoms with Crippen LogP contribution in [0.1, 0.15) is 50.3 Å². The molecule has 2 saturated heterocycles. The lowest BCUT2D eigenvalue weighted by Gasteiger charge is -2.40. The Morgan fingerprint density at radius 3 is 2.56 bits per heavy atom. The Bertz CT molecular complexity index is 922. The molecule has 5 rings (SSSR count). The third kappa shape index (κ3) is 3.59. The van der Waals surface area contributed by atoms with Crippen molar-refractivity contribution in [1.29, 1.82) is 0 Å². The molecule has 0 aromatic heterocycles. The summed E-state index contributed by atoms with van der Waals surface area (Å²) in [6, 6.07) is 5.87. The molecular weight excluding hydrogens is 410 g/mol. The average molecular weight is 442 g/mol. The maximum Gasteiger partial charge on any atom is 0.240 e. The monoisotopic (exact) mass is 441 g/mol. The number of fused-ring (bicyclic) bond motifs is 5. The zero-order valence-corrected chi connectivity index (χ0v) is 18.5. The largest absolute Gasteiger partial charge is 0.389 e. The molecule has 3 fully saturated rings.